The molecule has 20 heavy (non-hydrogen) atoms. The summed E-state index contributed by atoms with van der Waals surface area (Å²) in [6, 6.07) is 1.14. The molecule has 0 aromatic heterocycles. The lowest BCUT2D eigenvalue weighted by Gasteiger charge is -2.30. The van der Waals surface area contributed by atoms with E-state index in [1.54, 1.807) is 0 Å². The third-order valence-corrected chi connectivity index (χ3v) is 5.54. The van der Waals surface area contributed by atoms with Gasteiger partial charge in [-0.15, -0.1) is 6.58 Å². The van der Waals surface area contributed by atoms with Gasteiger partial charge in [-0.3, -0.25) is 4.79 Å². The lowest BCUT2D eigenvalue weighted by Crippen LogP contribution is -2.49. The molecule has 2 aliphatic carbocycles. The van der Waals surface area contributed by atoms with Crippen LogP contribution in [0.5, 0.6) is 0 Å². The van der Waals surface area contributed by atoms with E-state index in [0.29, 0.717) is 18.0 Å². The number of amides is 1. The normalized spacial score (nSPS) is 33.9. The van der Waals surface area contributed by atoms with Crippen LogP contribution >= 0.6 is 0 Å². The van der Waals surface area contributed by atoms with E-state index < -0.39 is 0 Å². The molecule has 0 aromatic carbocycles. The fraction of sp³-hybridized carbons (Fsp3) is 0.824. The summed E-state index contributed by atoms with van der Waals surface area (Å²) in [6.07, 6.45) is 13.1. The minimum absolute atomic E-state index is 0.0728. The van der Waals surface area contributed by atoms with Gasteiger partial charge in [0, 0.05) is 18.6 Å². The zero-order valence-corrected chi connectivity index (χ0v) is 12.5. The number of carbonyl (C=O) groups excluding carboxylic acids is 1. The first-order valence-electron chi connectivity index (χ1n) is 8.47. The van der Waals surface area contributed by atoms with E-state index in [0.717, 1.165) is 18.9 Å². The largest absolute Gasteiger partial charge is 0.335 e. The van der Waals surface area contributed by atoms with Gasteiger partial charge in [-0.1, -0.05) is 31.8 Å². The van der Waals surface area contributed by atoms with Crippen LogP contribution in [-0.4, -0.2) is 35.5 Å². The van der Waals surface area contributed by atoms with Gasteiger partial charge in [0.15, 0.2) is 0 Å². The molecule has 1 N–H and O–H groups in total. The Morgan fingerprint density at radius 3 is 2.55 bits per heavy atom. The van der Waals surface area contributed by atoms with Gasteiger partial charge in [0.2, 0.25) is 5.91 Å². The molecule has 3 heteroatoms. The predicted molar refractivity (Wildman–Crippen MR) is 81.5 cm³/mol. The molecule has 3 atom stereocenters. The van der Waals surface area contributed by atoms with Crippen molar-refractivity contribution < 1.29 is 4.79 Å². The van der Waals surface area contributed by atoms with E-state index in [1.165, 1.54) is 51.4 Å². The molecule has 0 bridgehead atoms. The van der Waals surface area contributed by atoms with Crippen LogP contribution in [0.2, 0.25) is 0 Å². The van der Waals surface area contributed by atoms with Crippen molar-refractivity contribution >= 4 is 5.91 Å². The quantitative estimate of drug-likeness (QED) is 0.801. The molecule has 1 saturated heterocycles. The van der Waals surface area contributed by atoms with Crippen LogP contribution in [0.1, 0.15) is 57.8 Å². The maximum atomic E-state index is 12.9. The van der Waals surface area contributed by atoms with Crippen LogP contribution in [0, 0.1) is 5.92 Å². The summed E-state index contributed by atoms with van der Waals surface area (Å²) >= 11 is 0. The number of hydrogen-bond donors (Lipinski definition) is 1. The molecular weight excluding hydrogens is 248 g/mol. The van der Waals surface area contributed by atoms with Crippen molar-refractivity contribution in [2.45, 2.75) is 75.9 Å². The van der Waals surface area contributed by atoms with Gasteiger partial charge in [0.25, 0.3) is 0 Å². The zero-order chi connectivity index (χ0) is 13.9. The molecule has 112 valence electrons. The average molecular weight is 276 g/mol. The molecule has 3 fully saturated rings. The van der Waals surface area contributed by atoms with Crippen LogP contribution in [0.4, 0.5) is 0 Å². The Morgan fingerprint density at radius 1 is 1.15 bits per heavy atom. The van der Waals surface area contributed by atoms with Gasteiger partial charge < -0.3 is 10.2 Å². The van der Waals surface area contributed by atoms with Crippen LogP contribution in [0.25, 0.3) is 0 Å². The van der Waals surface area contributed by atoms with E-state index in [2.05, 4.69) is 16.8 Å². The van der Waals surface area contributed by atoms with E-state index in [1.807, 2.05) is 6.08 Å². The summed E-state index contributed by atoms with van der Waals surface area (Å²) in [5.74, 6) is 1.08. The van der Waals surface area contributed by atoms with Gasteiger partial charge >= 0.3 is 0 Å². The molecule has 1 aliphatic heterocycles. The molecule has 0 spiro atoms. The highest BCUT2D eigenvalue weighted by Crippen LogP contribution is 2.34. The molecule has 1 amide bonds. The number of nitrogens with zero attached hydrogens (tertiary/aromatic N) is 1. The maximum absolute atomic E-state index is 12.9. The second-order valence-electron chi connectivity index (χ2n) is 6.82. The Hall–Kier alpha value is -0.830. The Morgan fingerprint density at radius 2 is 1.85 bits per heavy atom. The molecule has 3 aliphatic rings. The highest BCUT2D eigenvalue weighted by Gasteiger charge is 2.40. The smallest absolute Gasteiger partial charge is 0.240 e. The molecule has 0 aromatic rings. The van der Waals surface area contributed by atoms with Crippen molar-refractivity contribution in [2.24, 2.45) is 5.92 Å². The van der Waals surface area contributed by atoms with Gasteiger partial charge in [0.05, 0.1) is 6.04 Å². The summed E-state index contributed by atoms with van der Waals surface area (Å²) in [6.45, 7) is 4.56. The fourth-order valence-corrected chi connectivity index (χ4v) is 4.48. The van der Waals surface area contributed by atoms with Crippen LogP contribution in [0.15, 0.2) is 12.7 Å². The SMILES string of the molecule is C=CCN(C(=O)C1CC2CCCCC2N1)C1CCCC1. The fourth-order valence-electron chi connectivity index (χ4n) is 4.48. The second-order valence-corrected chi connectivity index (χ2v) is 6.82. The molecule has 3 nitrogen and oxygen atoms in total. The first-order valence-corrected chi connectivity index (χ1v) is 8.47. The van der Waals surface area contributed by atoms with Crippen molar-refractivity contribution in [3.63, 3.8) is 0 Å². The topological polar surface area (TPSA) is 32.3 Å². The molecule has 1 heterocycles. The van der Waals surface area contributed by atoms with E-state index in [9.17, 15) is 4.79 Å². The number of carbonyl (C=O) groups is 1. The standard InChI is InChI=1S/C17H28N2O/c1-2-11-19(14-8-4-5-9-14)17(20)16-12-13-7-3-6-10-15(13)18-16/h2,13-16,18H,1,3-12H2. The summed E-state index contributed by atoms with van der Waals surface area (Å²) in [4.78, 5) is 15.0. The number of hydrogen-bond acceptors (Lipinski definition) is 2. The lowest BCUT2D eigenvalue weighted by molar-refractivity contribution is -0.134. The summed E-state index contributed by atoms with van der Waals surface area (Å²) < 4.78 is 0. The highest BCUT2D eigenvalue weighted by molar-refractivity contribution is 5.83. The number of nitrogens with one attached hydrogen (secondary N) is 1. The Labute approximate surface area is 122 Å². The van der Waals surface area contributed by atoms with Crippen molar-refractivity contribution in [1.82, 2.24) is 10.2 Å². The van der Waals surface area contributed by atoms with E-state index in [4.69, 9.17) is 0 Å². The minimum Gasteiger partial charge on any atom is -0.335 e. The number of fused-ring (bicyclic) bond motifs is 1. The molecular formula is C17H28N2O. The summed E-state index contributed by atoms with van der Waals surface area (Å²) in [5, 5.41) is 3.63. The third-order valence-electron chi connectivity index (χ3n) is 5.54. The molecule has 3 rings (SSSR count). The van der Waals surface area contributed by atoms with Crippen molar-refractivity contribution in [3.05, 3.63) is 12.7 Å². The van der Waals surface area contributed by atoms with Crippen LogP contribution < -0.4 is 5.32 Å². The molecule has 2 saturated carbocycles. The van der Waals surface area contributed by atoms with Gasteiger partial charge in [-0.2, -0.15) is 0 Å². The minimum atomic E-state index is 0.0728. The monoisotopic (exact) mass is 276 g/mol. The van der Waals surface area contributed by atoms with Crippen molar-refractivity contribution in [1.29, 1.82) is 0 Å². The average Bonchev–Trinajstić information content (AvgIpc) is 3.12. The Balaban J connectivity index is 1.65. The van der Waals surface area contributed by atoms with Crippen LogP contribution in [0.3, 0.4) is 0 Å². The number of rotatable bonds is 4. The van der Waals surface area contributed by atoms with Gasteiger partial charge in [-0.05, 0) is 38.0 Å². The summed E-state index contributed by atoms with van der Waals surface area (Å²) in [7, 11) is 0. The van der Waals surface area contributed by atoms with Crippen LogP contribution in [-0.2, 0) is 4.79 Å². The Kier molecular flexibility index (Phi) is 4.45. The first-order chi connectivity index (χ1) is 9.79. The molecule has 0 radical (unpaired) electrons. The highest BCUT2D eigenvalue weighted by atomic mass is 16.2. The van der Waals surface area contributed by atoms with Crippen molar-refractivity contribution in [2.75, 3.05) is 6.54 Å². The molecule has 3 unspecified atom stereocenters. The summed E-state index contributed by atoms with van der Waals surface area (Å²) in [5.41, 5.74) is 0. The first kappa shape index (κ1) is 14.1. The predicted octanol–water partition coefficient (Wildman–Crippen LogP) is 2.86. The van der Waals surface area contributed by atoms with Gasteiger partial charge in [-0.25, -0.2) is 0 Å². The third kappa shape index (κ3) is 2.78. The Bertz CT molecular complexity index is 348. The zero-order valence-electron chi connectivity index (χ0n) is 12.5. The van der Waals surface area contributed by atoms with Crippen molar-refractivity contribution in [3.8, 4) is 0 Å². The van der Waals surface area contributed by atoms with Gasteiger partial charge in [0.1, 0.15) is 0 Å². The lowest BCUT2D eigenvalue weighted by atomic mass is 9.85. The second kappa shape index (κ2) is 6.30. The van der Waals surface area contributed by atoms with E-state index in [-0.39, 0.29) is 6.04 Å². The van der Waals surface area contributed by atoms with E-state index >= 15 is 0 Å². The maximum Gasteiger partial charge on any atom is 0.240 e.